The van der Waals surface area contributed by atoms with Crippen LogP contribution in [0, 0.1) is 0 Å². The third-order valence-corrected chi connectivity index (χ3v) is 6.18. The molecule has 0 radical (unpaired) electrons. The molecule has 31 heavy (non-hydrogen) atoms. The molecule has 0 unspecified atom stereocenters. The van der Waals surface area contributed by atoms with Crippen molar-refractivity contribution in [1.29, 1.82) is 0 Å². The predicted molar refractivity (Wildman–Crippen MR) is 126 cm³/mol. The van der Waals surface area contributed by atoms with Crippen LogP contribution in [0.4, 0.5) is 0 Å². The maximum absolute atomic E-state index is 5.15. The van der Waals surface area contributed by atoms with Gasteiger partial charge < -0.3 is 0 Å². The van der Waals surface area contributed by atoms with Gasteiger partial charge in [0.1, 0.15) is 5.69 Å². The molecule has 2 aromatic heterocycles. The molecule has 1 aliphatic rings. The first-order chi connectivity index (χ1) is 15.4. The molecule has 0 saturated carbocycles. The molecular formula is C28H17N3. The van der Waals surface area contributed by atoms with Gasteiger partial charge in [0.25, 0.3) is 0 Å². The van der Waals surface area contributed by atoms with Crippen LogP contribution in [0.5, 0.6) is 0 Å². The van der Waals surface area contributed by atoms with Crippen molar-refractivity contribution in [1.82, 2.24) is 14.8 Å². The van der Waals surface area contributed by atoms with Gasteiger partial charge in [-0.1, -0.05) is 84.9 Å². The normalized spacial score (nSPS) is 11.9. The first kappa shape index (κ1) is 16.5. The molecular weight excluding hydrogens is 378 g/mol. The average Bonchev–Trinajstić information content (AvgIpc) is 3.16. The molecule has 4 aromatic carbocycles. The Morgan fingerprint density at radius 1 is 0.548 bits per heavy atom. The molecule has 0 amide bonds. The van der Waals surface area contributed by atoms with Gasteiger partial charge in [0.05, 0.1) is 16.6 Å². The van der Waals surface area contributed by atoms with E-state index in [9.17, 15) is 0 Å². The highest BCUT2D eigenvalue weighted by Gasteiger charge is 2.27. The van der Waals surface area contributed by atoms with Gasteiger partial charge in [0, 0.05) is 16.5 Å². The Balaban J connectivity index is 1.77. The van der Waals surface area contributed by atoms with Gasteiger partial charge in [-0.25, -0.2) is 9.67 Å². The molecule has 0 bridgehead atoms. The fourth-order valence-corrected chi connectivity index (χ4v) is 4.85. The molecule has 3 heteroatoms. The smallest absolute Gasteiger partial charge is 0.164 e. The lowest BCUT2D eigenvalue weighted by Gasteiger charge is -2.13. The highest BCUT2D eigenvalue weighted by Crippen LogP contribution is 2.49. The first-order valence-electron chi connectivity index (χ1n) is 10.5. The number of pyridine rings is 1. The Hall–Kier alpha value is -4.24. The average molecular weight is 395 g/mol. The molecule has 0 aliphatic heterocycles. The fraction of sp³-hybridized carbons (Fsp3) is 0. The molecule has 7 rings (SSSR count). The predicted octanol–water partition coefficient (Wildman–Crippen LogP) is 6.89. The summed E-state index contributed by atoms with van der Waals surface area (Å²) in [6.07, 6.45) is 0. The number of hydrogen-bond donors (Lipinski definition) is 0. The van der Waals surface area contributed by atoms with E-state index in [1.807, 2.05) is 22.9 Å². The fourth-order valence-electron chi connectivity index (χ4n) is 4.85. The summed E-state index contributed by atoms with van der Waals surface area (Å²) >= 11 is 0. The van der Waals surface area contributed by atoms with Gasteiger partial charge >= 0.3 is 0 Å². The maximum atomic E-state index is 5.15. The van der Waals surface area contributed by atoms with Crippen LogP contribution in [0.2, 0.25) is 0 Å². The van der Waals surface area contributed by atoms with Crippen molar-refractivity contribution in [2.45, 2.75) is 0 Å². The van der Waals surface area contributed by atoms with Crippen molar-refractivity contribution in [2.75, 3.05) is 0 Å². The van der Waals surface area contributed by atoms with Gasteiger partial charge in [0.15, 0.2) is 5.65 Å². The minimum atomic E-state index is 0.890. The number of aromatic nitrogens is 3. The Bertz CT molecular complexity index is 1630. The van der Waals surface area contributed by atoms with Crippen molar-refractivity contribution in [3.8, 4) is 39.2 Å². The number of fused-ring (bicyclic) bond motifs is 7. The van der Waals surface area contributed by atoms with Gasteiger partial charge in [-0.2, -0.15) is 5.10 Å². The van der Waals surface area contributed by atoms with Crippen LogP contribution in [-0.4, -0.2) is 14.8 Å². The van der Waals surface area contributed by atoms with E-state index in [4.69, 9.17) is 10.1 Å². The number of para-hydroxylation sites is 2. The summed E-state index contributed by atoms with van der Waals surface area (Å²) in [5, 5.41) is 7.42. The zero-order valence-electron chi connectivity index (χ0n) is 16.7. The minimum Gasteiger partial charge on any atom is -0.228 e. The highest BCUT2D eigenvalue weighted by molar-refractivity contribution is 6.18. The van der Waals surface area contributed by atoms with Crippen molar-refractivity contribution in [3.05, 3.63) is 103 Å². The number of nitrogens with zero attached hydrogens (tertiary/aromatic N) is 3. The van der Waals surface area contributed by atoms with E-state index in [2.05, 4.69) is 84.9 Å². The van der Waals surface area contributed by atoms with Gasteiger partial charge in [-0.05, 0) is 34.9 Å². The van der Waals surface area contributed by atoms with Crippen LogP contribution < -0.4 is 0 Å². The summed E-state index contributed by atoms with van der Waals surface area (Å²) in [5.41, 5.74) is 9.89. The summed E-state index contributed by atoms with van der Waals surface area (Å²) in [7, 11) is 0. The molecule has 0 N–H and O–H groups in total. The molecule has 6 aromatic rings. The molecule has 0 spiro atoms. The molecule has 0 atom stereocenters. The topological polar surface area (TPSA) is 30.7 Å². The van der Waals surface area contributed by atoms with Gasteiger partial charge in [-0.3, -0.25) is 0 Å². The van der Waals surface area contributed by atoms with Crippen molar-refractivity contribution >= 4 is 21.9 Å². The zero-order chi connectivity index (χ0) is 20.4. The van der Waals surface area contributed by atoms with Crippen LogP contribution in [0.15, 0.2) is 103 Å². The van der Waals surface area contributed by atoms with E-state index < -0.39 is 0 Å². The van der Waals surface area contributed by atoms with Crippen molar-refractivity contribution in [2.24, 2.45) is 0 Å². The lowest BCUT2D eigenvalue weighted by molar-refractivity contribution is 0.903. The quantitative estimate of drug-likeness (QED) is 0.303. The summed E-state index contributed by atoms with van der Waals surface area (Å²) in [5.74, 6) is 0. The molecule has 0 fully saturated rings. The van der Waals surface area contributed by atoms with Crippen LogP contribution in [0.1, 0.15) is 0 Å². The van der Waals surface area contributed by atoms with Crippen LogP contribution >= 0.6 is 0 Å². The van der Waals surface area contributed by atoms with E-state index in [-0.39, 0.29) is 0 Å². The van der Waals surface area contributed by atoms with Gasteiger partial charge in [-0.15, -0.1) is 0 Å². The standard InChI is InChI=1S/C28H17N3/c1-2-10-18(11-3-1)31-28-26-25(23-16-8-9-17-24(23)29-28)21-14-6-4-12-19(21)20-13-5-7-15-22(20)27(26)30-31/h1-17H. The van der Waals surface area contributed by atoms with E-state index >= 15 is 0 Å². The molecule has 144 valence electrons. The number of rotatable bonds is 1. The lowest BCUT2D eigenvalue weighted by atomic mass is 9.93. The summed E-state index contributed by atoms with van der Waals surface area (Å²) in [6.45, 7) is 0. The van der Waals surface area contributed by atoms with E-state index in [1.54, 1.807) is 0 Å². The first-order valence-corrected chi connectivity index (χ1v) is 10.5. The number of hydrogen-bond acceptors (Lipinski definition) is 2. The van der Waals surface area contributed by atoms with Crippen LogP contribution in [-0.2, 0) is 0 Å². The monoisotopic (exact) mass is 395 g/mol. The Morgan fingerprint density at radius 2 is 1.16 bits per heavy atom. The zero-order valence-corrected chi connectivity index (χ0v) is 16.7. The second kappa shape index (κ2) is 6.13. The highest BCUT2D eigenvalue weighted by atomic mass is 15.3. The minimum absolute atomic E-state index is 0.890. The SMILES string of the molecule is c1ccc(-n2nc3c4c(c5ccccc5nc42)-c2ccccc2-c2ccccc2-3)cc1. The Labute approximate surface area is 179 Å². The molecule has 3 nitrogen and oxygen atoms in total. The third kappa shape index (κ3) is 2.23. The summed E-state index contributed by atoms with van der Waals surface area (Å²) in [4.78, 5) is 5.11. The molecule has 0 saturated heterocycles. The van der Waals surface area contributed by atoms with E-state index in [0.29, 0.717) is 0 Å². The van der Waals surface area contributed by atoms with Crippen molar-refractivity contribution < 1.29 is 0 Å². The molecule has 1 aliphatic carbocycles. The molecule has 2 heterocycles. The van der Waals surface area contributed by atoms with Crippen LogP contribution in [0.25, 0.3) is 61.1 Å². The number of benzene rings is 4. The summed E-state index contributed by atoms with van der Waals surface area (Å²) in [6, 6.07) is 35.9. The largest absolute Gasteiger partial charge is 0.228 e. The second-order valence-corrected chi connectivity index (χ2v) is 7.89. The van der Waals surface area contributed by atoms with E-state index in [1.165, 1.54) is 22.3 Å². The Morgan fingerprint density at radius 3 is 1.97 bits per heavy atom. The second-order valence-electron chi connectivity index (χ2n) is 7.89. The van der Waals surface area contributed by atoms with Crippen molar-refractivity contribution in [3.63, 3.8) is 0 Å². The van der Waals surface area contributed by atoms with Crippen LogP contribution in [0.3, 0.4) is 0 Å². The summed E-state index contributed by atoms with van der Waals surface area (Å²) < 4.78 is 1.99. The lowest BCUT2D eigenvalue weighted by Crippen LogP contribution is -1.99. The van der Waals surface area contributed by atoms with E-state index in [0.717, 1.165) is 38.9 Å². The third-order valence-electron chi connectivity index (χ3n) is 6.18. The Kier molecular flexibility index (Phi) is 3.27. The maximum Gasteiger partial charge on any atom is 0.164 e. The van der Waals surface area contributed by atoms with Gasteiger partial charge in [0.2, 0.25) is 0 Å².